The Hall–Kier alpha value is -2.61. The zero-order chi connectivity index (χ0) is 18.9. The third-order valence-corrected chi connectivity index (χ3v) is 4.43. The van der Waals surface area contributed by atoms with Crippen LogP contribution in [-0.2, 0) is 23.9 Å². The first-order valence-electron chi connectivity index (χ1n) is 7.83. The molecule has 6 nitrogen and oxygen atoms in total. The monoisotopic (exact) mass is 379 g/mol. The van der Waals surface area contributed by atoms with Gasteiger partial charge < -0.3 is 14.4 Å². The van der Waals surface area contributed by atoms with Crippen LogP contribution in [0.2, 0.25) is 0 Å². The second kappa shape index (κ2) is 9.76. The number of ether oxygens (including phenoxy) is 2. The van der Waals surface area contributed by atoms with Crippen LogP contribution in [0, 0.1) is 5.82 Å². The fraction of sp³-hybridized carbons (Fsp3) is 0.278. The summed E-state index contributed by atoms with van der Waals surface area (Å²) in [6.45, 7) is 0.468. The van der Waals surface area contributed by atoms with Gasteiger partial charge in [0.25, 0.3) is 0 Å². The molecule has 1 fully saturated rings. The van der Waals surface area contributed by atoms with E-state index in [1.807, 2.05) is 0 Å². The number of halogens is 1. The first kappa shape index (κ1) is 19.7. The van der Waals surface area contributed by atoms with Crippen LogP contribution in [-0.4, -0.2) is 48.8 Å². The summed E-state index contributed by atoms with van der Waals surface area (Å²) >= 11 is 1.26. The highest BCUT2D eigenvalue weighted by atomic mass is 32.2. The first-order chi connectivity index (χ1) is 12.5. The van der Waals surface area contributed by atoms with Gasteiger partial charge in [0, 0.05) is 12.6 Å². The maximum absolute atomic E-state index is 12.8. The van der Waals surface area contributed by atoms with E-state index in [1.54, 1.807) is 12.1 Å². The van der Waals surface area contributed by atoms with Gasteiger partial charge in [0.15, 0.2) is 0 Å². The molecule has 1 aliphatic rings. The van der Waals surface area contributed by atoms with Crippen LogP contribution >= 0.6 is 11.8 Å². The molecule has 1 aliphatic heterocycles. The third kappa shape index (κ3) is 6.03. The van der Waals surface area contributed by atoms with E-state index in [9.17, 15) is 18.8 Å². The molecule has 0 saturated carbocycles. The van der Waals surface area contributed by atoms with Crippen LogP contribution in [0.1, 0.15) is 12.0 Å². The fourth-order valence-corrected chi connectivity index (χ4v) is 3.07. The third-order valence-electron chi connectivity index (χ3n) is 3.41. The van der Waals surface area contributed by atoms with Crippen molar-refractivity contribution in [1.82, 2.24) is 4.90 Å². The Balaban J connectivity index is 1.75. The number of methoxy groups -OCH3 is 1. The van der Waals surface area contributed by atoms with Crippen molar-refractivity contribution >= 4 is 35.7 Å². The van der Waals surface area contributed by atoms with Crippen LogP contribution in [0.25, 0.3) is 6.08 Å². The van der Waals surface area contributed by atoms with Gasteiger partial charge >= 0.3 is 11.9 Å². The second-order valence-corrected chi connectivity index (χ2v) is 6.24. The summed E-state index contributed by atoms with van der Waals surface area (Å²) in [4.78, 5) is 36.3. The van der Waals surface area contributed by atoms with E-state index in [0.29, 0.717) is 23.6 Å². The van der Waals surface area contributed by atoms with Crippen LogP contribution < -0.4 is 0 Å². The van der Waals surface area contributed by atoms with Gasteiger partial charge in [-0.15, -0.1) is 0 Å². The van der Waals surface area contributed by atoms with Crippen LogP contribution in [0.5, 0.6) is 0 Å². The minimum atomic E-state index is -0.526. The molecule has 1 aromatic rings. The number of hydrogen-bond acceptors (Lipinski definition) is 6. The zero-order valence-corrected chi connectivity index (χ0v) is 15.0. The number of thioether (sulfide) groups is 1. The van der Waals surface area contributed by atoms with Crippen LogP contribution in [0.4, 0.5) is 4.39 Å². The minimum Gasteiger partial charge on any atom is -0.466 e. The lowest BCUT2D eigenvalue weighted by molar-refractivity contribution is -0.138. The molecular weight excluding hydrogens is 361 g/mol. The number of carbonyl (C=O) groups is 3. The number of rotatable bonds is 7. The lowest BCUT2D eigenvalue weighted by atomic mass is 10.2. The van der Waals surface area contributed by atoms with Crippen LogP contribution in [0.3, 0.4) is 0 Å². The molecule has 0 radical (unpaired) electrons. The average molecular weight is 379 g/mol. The molecule has 1 aromatic carbocycles. The number of hydrogen-bond donors (Lipinski definition) is 0. The van der Waals surface area contributed by atoms with Crippen molar-refractivity contribution in [1.29, 1.82) is 0 Å². The zero-order valence-electron chi connectivity index (χ0n) is 14.1. The maximum Gasteiger partial charge on any atom is 0.333 e. The number of nitrogens with zero attached hydrogens (tertiary/aromatic N) is 1. The van der Waals surface area contributed by atoms with Gasteiger partial charge in [-0.05, 0) is 30.2 Å². The van der Waals surface area contributed by atoms with E-state index < -0.39 is 11.9 Å². The summed E-state index contributed by atoms with van der Waals surface area (Å²) in [5, 5.41) is 0.532. The number of amides is 1. The van der Waals surface area contributed by atoms with Crippen molar-refractivity contribution in [3.8, 4) is 0 Å². The Labute approximate surface area is 154 Å². The number of benzene rings is 1. The first-order valence-corrected chi connectivity index (χ1v) is 8.81. The standard InChI is InChI=1S/C18H18FNO5S/c1-24-18(23)11-16-20(15(21)12-26-16)9-2-10-25-17(22)8-5-13-3-6-14(19)7-4-13/h3-8,11H,2,9-10,12H2,1H3/b8-5+,16-11+. The van der Waals surface area contributed by atoms with Crippen molar-refractivity contribution in [3.05, 3.63) is 52.8 Å². The number of esters is 2. The van der Waals surface area contributed by atoms with Crippen molar-refractivity contribution in [3.63, 3.8) is 0 Å². The summed E-state index contributed by atoms with van der Waals surface area (Å²) in [7, 11) is 1.27. The molecule has 0 N–H and O–H groups in total. The van der Waals surface area contributed by atoms with Gasteiger partial charge in [-0.2, -0.15) is 0 Å². The van der Waals surface area contributed by atoms with Crippen molar-refractivity contribution in [2.75, 3.05) is 26.0 Å². The van der Waals surface area contributed by atoms with E-state index >= 15 is 0 Å². The molecule has 1 saturated heterocycles. The number of carbonyl (C=O) groups excluding carboxylic acids is 3. The molecule has 0 aliphatic carbocycles. The molecule has 0 unspecified atom stereocenters. The Bertz CT molecular complexity index is 730. The predicted molar refractivity (Wildman–Crippen MR) is 95.3 cm³/mol. The van der Waals surface area contributed by atoms with Crippen molar-refractivity contribution in [2.24, 2.45) is 0 Å². The van der Waals surface area contributed by atoms with Crippen molar-refractivity contribution in [2.45, 2.75) is 6.42 Å². The maximum atomic E-state index is 12.8. The molecule has 0 aromatic heterocycles. The van der Waals surface area contributed by atoms with E-state index in [-0.39, 0.29) is 24.1 Å². The molecule has 0 atom stereocenters. The van der Waals surface area contributed by atoms with Gasteiger partial charge in [0.05, 0.1) is 30.6 Å². The Kier molecular flexibility index (Phi) is 7.40. The molecule has 8 heteroatoms. The van der Waals surface area contributed by atoms with Gasteiger partial charge in [-0.25, -0.2) is 14.0 Å². The molecule has 138 valence electrons. The fourth-order valence-electron chi connectivity index (χ4n) is 2.11. The van der Waals surface area contributed by atoms with Crippen molar-refractivity contribution < 1.29 is 28.2 Å². The lowest BCUT2D eigenvalue weighted by Crippen LogP contribution is -2.27. The SMILES string of the molecule is COC(=O)/C=C1/SCC(=O)N1CCCOC(=O)/C=C/c1ccc(F)cc1. The normalized spacial score (nSPS) is 15.7. The molecular formula is C18H18FNO5S. The highest BCUT2D eigenvalue weighted by Crippen LogP contribution is 2.28. The molecule has 26 heavy (non-hydrogen) atoms. The summed E-state index contributed by atoms with van der Waals surface area (Å²) in [5.41, 5.74) is 0.681. The van der Waals surface area contributed by atoms with Gasteiger partial charge in [0.2, 0.25) is 5.91 Å². The minimum absolute atomic E-state index is 0.104. The summed E-state index contributed by atoms with van der Waals surface area (Å²) in [5.74, 6) is -1.23. The molecule has 0 spiro atoms. The van der Waals surface area contributed by atoms with E-state index in [4.69, 9.17) is 4.74 Å². The summed E-state index contributed by atoms with van der Waals surface area (Å²) in [6, 6.07) is 5.70. The highest BCUT2D eigenvalue weighted by molar-refractivity contribution is 8.04. The lowest BCUT2D eigenvalue weighted by Gasteiger charge is -2.16. The Morgan fingerprint density at radius 1 is 1.27 bits per heavy atom. The molecule has 1 amide bonds. The smallest absolute Gasteiger partial charge is 0.333 e. The van der Waals surface area contributed by atoms with Crippen LogP contribution in [0.15, 0.2) is 41.4 Å². The Morgan fingerprint density at radius 2 is 2.00 bits per heavy atom. The topological polar surface area (TPSA) is 72.9 Å². The predicted octanol–water partition coefficient (Wildman–Crippen LogP) is 2.36. The van der Waals surface area contributed by atoms with Gasteiger partial charge in [-0.1, -0.05) is 23.9 Å². The summed E-state index contributed by atoms with van der Waals surface area (Å²) < 4.78 is 22.4. The van der Waals surface area contributed by atoms with E-state index in [1.165, 1.54) is 54.1 Å². The summed E-state index contributed by atoms with van der Waals surface area (Å²) in [6.07, 6.45) is 4.49. The molecule has 2 rings (SSSR count). The largest absolute Gasteiger partial charge is 0.466 e. The highest BCUT2D eigenvalue weighted by Gasteiger charge is 2.26. The van der Waals surface area contributed by atoms with Gasteiger partial charge in [0.1, 0.15) is 5.82 Å². The van der Waals surface area contributed by atoms with E-state index in [0.717, 1.165) is 0 Å². The van der Waals surface area contributed by atoms with E-state index in [2.05, 4.69) is 4.74 Å². The molecule has 0 bridgehead atoms. The molecule has 1 heterocycles. The average Bonchev–Trinajstić information content (AvgIpc) is 2.97. The quantitative estimate of drug-likeness (QED) is 0.411. The van der Waals surface area contributed by atoms with Gasteiger partial charge in [-0.3, -0.25) is 4.79 Å². The second-order valence-electron chi connectivity index (χ2n) is 5.25. The Morgan fingerprint density at radius 3 is 2.69 bits per heavy atom.